The molecule has 0 saturated carbocycles. The van der Waals surface area contributed by atoms with Crippen LogP contribution in [-0.2, 0) is 0 Å². The monoisotopic (exact) mass is 376 g/mol. The van der Waals surface area contributed by atoms with E-state index in [0.717, 1.165) is 31.3 Å². The van der Waals surface area contributed by atoms with Crippen LogP contribution in [0.3, 0.4) is 0 Å². The number of rotatable bonds is 3. The fourth-order valence-electron chi connectivity index (χ4n) is 3.65. The fourth-order valence-corrected chi connectivity index (χ4v) is 4.04. The normalized spacial score (nSPS) is 21.0. The van der Waals surface area contributed by atoms with Crippen LogP contribution < -0.4 is 20.4 Å². The van der Waals surface area contributed by atoms with Crippen molar-refractivity contribution in [1.29, 1.82) is 0 Å². The zero-order chi connectivity index (χ0) is 18.7. The second-order valence-electron chi connectivity index (χ2n) is 8.47. The van der Waals surface area contributed by atoms with E-state index >= 15 is 0 Å². The molecule has 2 aliphatic heterocycles. The maximum absolute atomic E-state index is 5.46. The highest BCUT2D eigenvalue weighted by atomic mass is 32.1. The van der Waals surface area contributed by atoms with Crippen LogP contribution in [0, 0.1) is 0 Å². The minimum Gasteiger partial charge on any atom is -0.358 e. The van der Waals surface area contributed by atoms with E-state index in [1.54, 1.807) is 0 Å². The first-order valence-electron chi connectivity index (χ1n) is 9.82. The highest BCUT2D eigenvalue weighted by molar-refractivity contribution is 7.80. The first kappa shape index (κ1) is 19.1. The zero-order valence-corrected chi connectivity index (χ0v) is 17.3. The number of hydrogen-bond acceptors (Lipinski definition) is 5. The lowest BCUT2D eigenvalue weighted by molar-refractivity contribution is 0.481. The summed E-state index contributed by atoms with van der Waals surface area (Å²) in [6.45, 7) is 11.7. The molecule has 26 heavy (non-hydrogen) atoms. The first-order valence-corrected chi connectivity index (χ1v) is 10.2. The third kappa shape index (κ3) is 4.96. The molecule has 2 N–H and O–H groups in total. The van der Waals surface area contributed by atoms with Gasteiger partial charge in [0.1, 0.15) is 11.6 Å². The van der Waals surface area contributed by atoms with E-state index in [4.69, 9.17) is 22.2 Å². The van der Waals surface area contributed by atoms with Gasteiger partial charge in [0.2, 0.25) is 5.95 Å². The standard InChI is InChI=1S/C19H32N6S/c1-14-9-5-6-12-25(14)16-13-15(24-10-7-8-11-24)20-17(21-16)22-18(26)23-19(2,3)4/h13-14H,5-12H2,1-4H3,(H2,20,21,22,23,26)/t14-/m1/s1. The zero-order valence-electron chi connectivity index (χ0n) is 16.5. The van der Waals surface area contributed by atoms with Gasteiger partial charge in [0, 0.05) is 37.3 Å². The van der Waals surface area contributed by atoms with Gasteiger partial charge >= 0.3 is 0 Å². The maximum atomic E-state index is 5.46. The van der Waals surface area contributed by atoms with Crippen LogP contribution in [0.25, 0.3) is 0 Å². The Morgan fingerprint density at radius 3 is 2.38 bits per heavy atom. The summed E-state index contributed by atoms with van der Waals surface area (Å²) in [6, 6.07) is 2.66. The molecule has 2 fully saturated rings. The van der Waals surface area contributed by atoms with Crippen molar-refractivity contribution < 1.29 is 0 Å². The van der Waals surface area contributed by atoms with Crippen LogP contribution in [0.1, 0.15) is 59.8 Å². The topological polar surface area (TPSA) is 56.3 Å². The van der Waals surface area contributed by atoms with E-state index in [0.29, 0.717) is 17.1 Å². The van der Waals surface area contributed by atoms with E-state index in [1.165, 1.54) is 32.1 Å². The summed E-state index contributed by atoms with van der Waals surface area (Å²) >= 11 is 5.46. The number of thiocarbonyl (C=S) groups is 1. The van der Waals surface area contributed by atoms with Crippen molar-refractivity contribution >= 4 is 34.9 Å². The molecular weight excluding hydrogens is 344 g/mol. The van der Waals surface area contributed by atoms with Crippen LogP contribution in [0.5, 0.6) is 0 Å². The van der Waals surface area contributed by atoms with Crippen molar-refractivity contribution in [3.05, 3.63) is 6.07 Å². The lowest BCUT2D eigenvalue weighted by atomic mass is 10.0. The summed E-state index contributed by atoms with van der Waals surface area (Å²) in [4.78, 5) is 14.3. The van der Waals surface area contributed by atoms with Crippen LogP contribution >= 0.6 is 12.2 Å². The Morgan fingerprint density at radius 2 is 1.73 bits per heavy atom. The Hall–Kier alpha value is -1.63. The molecule has 1 aromatic rings. The molecule has 2 saturated heterocycles. The molecule has 0 amide bonds. The summed E-state index contributed by atoms with van der Waals surface area (Å²) in [5, 5.41) is 7.04. The van der Waals surface area contributed by atoms with Gasteiger partial charge in [0.05, 0.1) is 0 Å². The summed E-state index contributed by atoms with van der Waals surface area (Å²) in [5.41, 5.74) is -0.0964. The Morgan fingerprint density at radius 1 is 1.08 bits per heavy atom. The Bertz CT molecular complexity index is 635. The van der Waals surface area contributed by atoms with E-state index in [2.05, 4.69) is 54.2 Å². The largest absolute Gasteiger partial charge is 0.358 e. The number of aromatic nitrogens is 2. The lowest BCUT2D eigenvalue weighted by Crippen LogP contribution is -2.43. The molecule has 3 heterocycles. The van der Waals surface area contributed by atoms with Gasteiger partial charge in [0.25, 0.3) is 0 Å². The average molecular weight is 377 g/mol. The number of nitrogens with one attached hydrogen (secondary N) is 2. The van der Waals surface area contributed by atoms with Crippen molar-refractivity contribution in [2.45, 2.75) is 71.4 Å². The Labute approximate surface area is 162 Å². The number of nitrogens with zero attached hydrogens (tertiary/aromatic N) is 4. The van der Waals surface area contributed by atoms with Gasteiger partial charge in [-0.15, -0.1) is 0 Å². The number of hydrogen-bond donors (Lipinski definition) is 2. The van der Waals surface area contributed by atoms with E-state index < -0.39 is 0 Å². The van der Waals surface area contributed by atoms with Gasteiger partial charge in [0.15, 0.2) is 5.11 Å². The third-order valence-corrected chi connectivity index (χ3v) is 5.14. The molecule has 0 spiro atoms. The molecule has 1 aromatic heterocycles. The molecule has 144 valence electrons. The average Bonchev–Trinajstić information content (AvgIpc) is 3.07. The van der Waals surface area contributed by atoms with Crippen LogP contribution in [-0.4, -0.2) is 46.3 Å². The van der Waals surface area contributed by atoms with Crippen molar-refractivity contribution in [3.8, 4) is 0 Å². The van der Waals surface area contributed by atoms with Crippen molar-refractivity contribution in [2.75, 3.05) is 34.8 Å². The van der Waals surface area contributed by atoms with Crippen molar-refractivity contribution in [3.63, 3.8) is 0 Å². The van der Waals surface area contributed by atoms with Crippen molar-refractivity contribution in [2.24, 2.45) is 0 Å². The molecule has 0 radical (unpaired) electrons. The Kier molecular flexibility index (Phi) is 5.85. The van der Waals surface area contributed by atoms with Gasteiger partial charge in [-0.1, -0.05) is 0 Å². The van der Waals surface area contributed by atoms with E-state index in [1.807, 2.05) is 0 Å². The van der Waals surface area contributed by atoms with Crippen molar-refractivity contribution in [1.82, 2.24) is 15.3 Å². The molecule has 0 aromatic carbocycles. The van der Waals surface area contributed by atoms with Gasteiger partial charge in [-0.05, 0) is 72.0 Å². The molecule has 6 nitrogen and oxygen atoms in total. The molecule has 0 unspecified atom stereocenters. The highest BCUT2D eigenvalue weighted by Gasteiger charge is 2.23. The van der Waals surface area contributed by atoms with E-state index in [-0.39, 0.29) is 5.54 Å². The SMILES string of the molecule is C[C@@H]1CCCCN1c1cc(N2CCCC2)nc(NC(=S)NC(C)(C)C)n1. The minimum atomic E-state index is -0.0964. The van der Waals surface area contributed by atoms with Crippen LogP contribution in [0.2, 0.25) is 0 Å². The Balaban J connectivity index is 1.86. The van der Waals surface area contributed by atoms with Crippen LogP contribution in [0.15, 0.2) is 6.07 Å². The predicted octanol–water partition coefficient (Wildman–Crippen LogP) is 3.54. The summed E-state index contributed by atoms with van der Waals surface area (Å²) in [7, 11) is 0. The highest BCUT2D eigenvalue weighted by Crippen LogP contribution is 2.28. The fraction of sp³-hybridized carbons (Fsp3) is 0.737. The number of anilines is 3. The molecule has 1 atom stereocenters. The summed E-state index contributed by atoms with van der Waals surface area (Å²) < 4.78 is 0. The molecule has 2 aliphatic rings. The van der Waals surface area contributed by atoms with Gasteiger partial charge in [-0.2, -0.15) is 9.97 Å². The lowest BCUT2D eigenvalue weighted by Gasteiger charge is -2.35. The molecular formula is C19H32N6S. The minimum absolute atomic E-state index is 0.0964. The first-order chi connectivity index (χ1) is 12.3. The molecule has 0 bridgehead atoms. The predicted molar refractivity (Wildman–Crippen MR) is 113 cm³/mol. The smallest absolute Gasteiger partial charge is 0.232 e. The second-order valence-corrected chi connectivity index (χ2v) is 8.88. The quantitative estimate of drug-likeness (QED) is 0.783. The second kappa shape index (κ2) is 7.94. The summed E-state index contributed by atoms with van der Waals surface area (Å²) in [6.07, 6.45) is 6.20. The maximum Gasteiger partial charge on any atom is 0.232 e. The molecule has 3 rings (SSSR count). The summed E-state index contributed by atoms with van der Waals surface area (Å²) in [5.74, 6) is 2.60. The van der Waals surface area contributed by atoms with Gasteiger partial charge < -0.3 is 20.4 Å². The third-order valence-electron chi connectivity index (χ3n) is 4.94. The van der Waals surface area contributed by atoms with Gasteiger partial charge in [-0.25, -0.2) is 0 Å². The molecule has 0 aliphatic carbocycles. The number of piperidine rings is 1. The van der Waals surface area contributed by atoms with Gasteiger partial charge in [-0.3, -0.25) is 0 Å². The molecule has 7 heteroatoms. The van der Waals surface area contributed by atoms with E-state index in [9.17, 15) is 0 Å². The van der Waals surface area contributed by atoms with Crippen LogP contribution in [0.4, 0.5) is 17.6 Å².